The van der Waals surface area contributed by atoms with E-state index in [0.717, 1.165) is 0 Å². The van der Waals surface area contributed by atoms with Gasteiger partial charge in [0.2, 0.25) is 0 Å². The number of carboxylic acids is 1. The maximum absolute atomic E-state index is 10.3. The quantitative estimate of drug-likeness (QED) is 0.545. The first-order valence-electron chi connectivity index (χ1n) is 2.95. The van der Waals surface area contributed by atoms with E-state index in [2.05, 4.69) is 0 Å². The molecular weight excluding hydrogens is 154 g/mol. The fraction of sp³-hybridized carbons (Fsp3) is 0.500. The number of carbonyl (C=O) groups is 1. The normalized spacial score (nSPS) is 32.0. The summed E-state index contributed by atoms with van der Waals surface area (Å²) >= 11 is 5.66. The molecule has 0 spiro atoms. The Kier molecular flexibility index (Phi) is 1.97. The number of hydrogen-bond acceptors (Lipinski definition) is 2. The van der Waals surface area contributed by atoms with Gasteiger partial charge in [-0.2, -0.15) is 0 Å². The predicted molar refractivity (Wildman–Crippen MR) is 38.0 cm³/mol. The summed E-state index contributed by atoms with van der Waals surface area (Å²) < 4.78 is 0. The summed E-state index contributed by atoms with van der Waals surface area (Å²) in [5.74, 6) is -0.918. The van der Waals surface area contributed by atoms with Crippen LogP contribution in [0, 0.1) is 0 Å². The molecule has 1 aliphatic rings. The van der Waals surface area contributed by atoms with E-state index >= 15 is 0 Å². The lowest BCUT2D eigenvalue weighted by Gasteiger charge is -2.02. The third kappa shape index (κ3) is 1.30. The minimum atomic E-state index is -0.918. The van der Waals surface area contributed by atoms with Crippen LogP contribution >= 0.6 is 11.6 Å². The lowest BCUT2D eigenvalue weighted by molar-refractivity contribution is -0.132. The van der Waals surface area contributed by atoms with Crippen LogP contribution < -0.4 is 5.73 Å². The van der Waals surface area contributed by atoms with Gasteiger partial charge in [-0.05, 0) is 6.42 Å². The predicted octanol–water partition coefficient (Wildman–Crippen LogP) is 0.336. The van der Waals surface area contributed by atoms with Crippen molar-refractivity contribution < 1.29 is 9.90 Å². The summed E-state index contributed by atoms with van der Waals surface area (Å²) in [5, 5.41) is 8.22. The average Bonchev–Trinajstić information content (AvgIpc) is 2.13. The maximum atomic E-state index is 10.3. The summed E-state index contributed by atoms with van der Waals surface area (Å²) in [4.78, 5) is 10.3. The zero-order valence-electron chi connectivity index (χ0n) is 5.25. The van der Waals surface area contributed by atoms with E-state index in [1.54, 1.807) is 0 Å². The largest absolute Gasteiger partial charge is 0.478 e. The molecule has 0 aromatic carbocycles. The summed E-state index contributed by atoms with van der Waals surface area (Å²) in [6.45, 7) is 0. The van der Waals surface area contributed by atoms with Gasteiger partial charge in [0, 0.05) is 11.6 Å². The molecule has 10 heavy (non-hydrogen) atoms. The molecular formula is C6H8ClNO2. The van der Waals surface area contributed by atoms with Gasteiger partial charge in [-0.1, -0.05) is 6.08 Å². The molecule has 0 amide bonds. The second kappa shape index (κ2) is 2.60. The molecule has 0 bridgehead atoms. The molecule has 4 heteroatoms. The van der Waals surface area contributed by atoms with Crippen LogP contribution in [0.2, 0.25) is 0 Å². The Morgan fingerprint density at radius 3 is 2.70 bits per heavy atom. The summed E-state index contributed by atoms with van der Waals surface area (Å²) in [7, 11) is 0. The molecule has 2 atom stereocenters. The molecule has 0 saturated carbocycles. The van der Waals surface area contributed by atoms with Crippen LogP contribution in [0.1, 0.15) is 6.42 Å². The van der Waals surface area contributed by atoms with Gasteiger partial charge in [-0.15, -0.1) is 11.6 Å². The summed E-state index contributed by atoms with van der Waals surface area (Å²) in [5.41, 5.74) is 5.76. The van der Waals surface area contributed by atoms with Crippen molar-refractivity contribution in [1.82, 2.24) is 0 Å². The van der Waals surface area contributed by atoms with Crippen molar-refractivity contribution in [3.8, 4) is 0 Å². The fourth-order valence-corrected chi connectivity index (χ4v) is 1.15. The first-order valence-corrected chi connectivity index (χ1v) is 3.38. The number of alkyl halides is 1. The van der Waals surface area contributed by atoms with Gasteiger partial charge in [-0.3, -0.25) is 0 Å². The number of aliphatic carboxylic acids is 1. The topological polar surface area (TPSA) is 63.3 Å². The highest BCUT2D eigenvalue weighted by molar-refractivity contribution is 6.22. The van der Waals surface area contributed by atoms with Gasteiger partial charge >= 0.3 is 5.97 Å². The zero-order chi connectivity index (χ0) is 7.72. The molecule has 3 nitrogen and oxygen atoms in total. The van der Waals surface area contributed by atoms with Crippen LogP contribution in [-0.4, -0.2) is 22.5 Å². The number of carboxylic acid groups (broad SMARTS) is 1. The zero-order valence-corrected chi connectivity index (χ0v) is 6.01. The molecule has 0 fully saturated rings. The third-order valence-electron chi connectivity index (χ3n) is 1.50. The number of hydrogen-bond donors (Lipinski definition) is 2. The molecule has 0 radical (unpaired) electrons. The lowest BCUT2D eigenvalue weighted by atomic mass is 10.2. The molecule has 1 rings (SSSR count). The van der Waals surface area contributed by atoms with Crippen LogP contribution in [0.4, 0.5) is 0 Å². The van der Waals surface area contributed by atoms with E-state index in [1.165, 1.54) is 6.08 Å². The van der Waals surface area contributed by atoms with Gasteiger partial charge in [0.15, 0.2) is 0 Å². The van der Waals surface area contributed by atoms with Crippen molar-refractivity contribution in [3.05, 3.63) is 11.6 Å². The van der Waals surface area contributed by atoms with Crippen LogP contribution in [0.25, 0.3) is 0 Å². The van der Waals surface area contributed by atoms with Crippen molar-refractivity contribution in [3.63, 3.8) is 0 Å². The average molecular weight is 162 g/mol. The highest BCUT2D eigenvalue weighted by Gasteiger charge is 2.25. The first kappa shape index (κ1) is 7.57. The molecule has 3 N–H and O–H groups in total. The third-order valence-corrected chi connectivity index (χ3v) is 1.95. The van der Waals surface area contributed by atoms with Crippen molar-refractivity contribution in [2.45, 2.75) is 17.8 Å². The Bertz CT molecular complexity index is 190. The molecule has 0 aliphatic heterocycles. The Morgan fingerprint density at radius 2 is 2.50 bits per heavy atom. The molecule has 0 heterocycles. The Balaban J connectivity index is 2.67. The van der Waals surface area contributed by atoms with Crippen LogP contribution in [-0.2, 0) is 4.79 Å². The van der Waals surface area contributed by atoms with Gasteiger partial charge in [-0.25, -0.2) is 4.79 Å². The van der Waals surface area contributed by atoms with Gasteiger partial charge in [0.05, 0.1) is 5.38 Å². The second-order valence-electron chi connectivity index (χ2n) is 2.29. The van der Waals surface area contributed by atoms with Crippen LogP contribution in [0.5, 0.6) is 0 Å². The second-order valence-corrected chi connectivity index (χ2v) is 2.86. The summed E-state index contributed by atoms with van der Waals surface area (Å²) in [6.07, 6.45) is 1.87. The van der Waals surface area contributed by atoms with Crippen LogP contribution in [0.15, 0.2) is 11.6 Å². The van der Waals surface area contributed by atoms with E-state index in [0.29, 0.717) is 12.0 Å². The van der Waals surface area contributed by atoms with Gasteiger partial charge in [0.25, 0.3) is 0 Å². The van der Waals surface area contributed by atoms with Crippen molar-refractivity contribution in [2.24, 2.45) is 5.73 Å². The van der Waals surface area contributed by atoms with Crippen molar-refractivity contribution >= 4 is 17.6 Å². The SMILES string of the molecule is N[C@H]1C=C(C(=O)O)C[C@@H]1Cl. The Morgan fingerprint density at radius 1 is 1.90 bits per heavy atom. The van der Waals surface area contributed by atoms with E-state index < -0.39 is 5.97 Å². The van der Waals surface area contributed by atoms with E-state index in [9.17, 15) is 4.79 Å². The first-order chi connectivity index (χ1) is 4.61. The monoisotopic (exact) mass is 161 g/mol. The number of halogens is 1. The van der Waals surface area contributed by atoms with Gasteiger partial charge in [0.1, 0.15) is 0 Å². The minimum Gasteiger partial charge on any atom is -0.478 e. The summed E-state index contributed by atoms with van der Waals surface area (Å²) in [6, 6.07) is -0.298. The molecule has 56 valence electrons. The maximum Gasteiger partial charge on any atom is 0.331 e. The molecule has 0 aromatic heterocycles. The number of nitrogens with two attached hydrogens (primary N) is 1. The smallest absolute Gasteiger partial charge is 0.331 e. The highest BCUT2D eigenvalue weighted by Crippen LogP contribution is 2.22. The van der Waals surface area contributed by atoms with Crippen LogP contribution in [0.3, 0.4) is 0 Å². The molecule has 0 saturated heterocycles. The van der Waals surface area contributed by atoms with E-state index in [-0.39, 0.29) is 11.4 Å². The molecule has 0 unspecified atom stereocenters. The molecule has 0 aromatic rings. The van der Waals surface area contributed by atoms with Crippen molar-refractivity contribution in [2.75, 3.05) is 0 Å². The standard InChI is InChI=1S/C6H8ClNO2/c7-4-1-3(6(9)10)2-5(4)8/h2,4-5H,1,8H2,(H,9,10)/t4-,5-/m0/s1. The van der Waals surface area contributed by atoms with Crippen molar-refractivity contribution in [1.29, 1.82) is 0 Å². The minimum absolute atomic E-state index is 0.244. The Labute approximate surface area is 63.5 Å². The van der Waals surface area contributed by atoms with E-state index in [4.69, 9.17) is 22.4 Å². The molecule has 1 aliphatic carbocycles. The fourth-order valence-electron chi connectivity index (χ4n) is 0.910. The Hall–Kier alpha value is -0.540. The highest BCUT2D eigenvalue weighted by atomic mass is 35.5. The lowest BCUT2D eigenvalue weighted by Crippen LogP contribution is -2.23. The number of rotatable bonds is 1. The van der Waals surface area contributed by atoms with E-state index in [1.807, 2.05) is 0 Å². The van der Waals surface area contributed by atoms with Gasteiger partial charge < -0.3 is 10.8 Å².